The quantitative estimate of drug-likeness (QED) is 0.892. The number of hydrogen-bond donors (Lipinski definition) is 1. The molecule has 1 N–H and O–H groups in total. The van der Waals surface area contributed by atoms with E-state index in [9.17, 15) is 8.42 Å². The van der Waals surface area contributed by atoms with E-state index in [-0.39, 0.29) is 0 Å². The summed E-state index contributed by atoms with van der Waals surface area (Å²) in [5.74, 6) is 0. The molecule has 100 valence electrons. The van der Waals surface area contributed by atoms with Crippen molar-refractivity contribution in [2.24, 2.45) is 0 Å². The van der Waals surface area contributed by atoms with E-state index >= 15 is 0 Å². The zero-order valence-electron chi connectivity index (χ0n) is 11.1. The lowest BCUT2D eigenvalue weighted by Crippen LogP contribution is -2.32. The van der Waals surface area contributed by atoms with E-state index in [0.29, 0.717) is 10.9 Å². The van der Waals surface area contributed by atoms with Crippen molar-refractivity contribution in [2.45, 2.75) is 31.2 Å². The minimum absolute atomic E-state index is 0.396. The molecule has 18 heavy (non-hydrogen) atoms. The summed E-state index contributed by atoms with van der Waals surface area (Å²) in [4.78, 5) is 2.65. The number of fused-ring (bicyclic) bond motifs is 1. The first-order chi connectivity index (χ1) is 8.45. The second-order valence-electron chi connectivity index (χ2n) is 4.77. The van der Waals surface area contributed by atoms with Crippen molar-refractivity contribution >= 4 is 21.2 Å². The summed E-state index contributed by atoms with van der Waals surface area (Å²) in [6.07, 6.45) is 2.26. The third-order valence-corrected chi connectivity index (χ3v) is 4.59. The highest BCUT2D eigenvalue weighted by Crippen LogP contribution is 2.35. The SMILES string of the molecule is CCN1c2cccc(S(C)(=O)=O)c2NCCC1C. The molecule has 1 heterocycles. The molecule has 1 unspecified atom stereocenters. The molecule has 1 atom stereocenters. The van der Waals surface area contributed by atoms with Gasteiger partial charge in [0.25, 0.3) is 0 Å². The van der Waals surface area contributed by atoms with Crippen molar-refractivity contribution in [1.82, 2.24) is 0 Å². The van der Waals surface area contributed by atoms with Gasteiger partial charge in [0.1, 0.15) is 0 Å². The first kappa shape index (κ1) is 13.2. The highest BCUT2D eigenvalue weighted by molar-refractivity contribution is 7.90. The third-order valence-electron chi connectivity index (χ3n) is 3.45. The van der Waals surface area contributed by atoms with E-state index in [1.165, 1.54) is 6.26 Å². The molecule has 0 saturated carbocycles. The van der Waals surface area contributed by atoms with Crippen LogP contribution in [-0.4, -0.2) is 33.8 Å². The predicted molar refractivity (Wildman–Crippen MR) is 75.1 cm³/mol. The Morgan fingerprint density at radius 2 is 2.17 bits per heavy atom. The van der Waals surface area contributed by atoms with Gasteiger partial charge in [0.05, 0.1) is 16.3 Å². The number of nitrogens with one attached hydrogen (secondary N) is 1. The Hall–Kier alpha value is -1.23. The number of para-hydroxylation sites is 1. The minimum atomic E-state index is -3.20. The number of benzene rings is 1. The molecule has 0 spiro atoms. The van der Waals surface area contributed by atoms with Crippen LogP contribution in [0.4, 0.5) is 11.4 Å². The van der Waals surface area contributed by atoms with Crippen LogP contribution >= 0.6 is 0 Å². The highest BCUT2D eigenvalue weighted by Gasteiger charge is 2.24. The second-order valence-corrected chi connectivity index (χ2v) is 6.76. The summed E-state index contributed by atoms with van der Waals surface area (Å²) in [6.45, 7) is 5.95. The van der Waals surface area contributed by atoms with E-state index < -0.39 is 9.84 Å². The smallest absolute Gasteiger partial charge is 0.177 e. The topological polar surface area (TPSA) is 49.4 Å². The van der Waals surface area contributed by atoms with Crippen LogP contribution in [0, 0.1) is 0 Å². The van der Waals surface area contributed by atoms with Gasteiger partial charge in [-0.05, 0) is 32.4 Å². The van der Waals surface area contributed by atoms with Crippen molar-refractivity contribution in [2.75, 3.05) is 29.6 Å². The van der Waals surface area contributed by atoms with Crippen molar-refractivity contribution in [3.05, 3.63) is 18.2 Å². The molecule has 4 nitrogen and oxygen atoms in total. The predicted octanol–water partition coefficient (Wildman–Crippen LogP) is 2.12. The summed E-state index contributed by atoms with van der Waals surface area (Å²) >= 11 is 0. The van der Waals surface area contributed by atoms with Crippen LogP contribution in [0.1, 0.15) is 20.3 Å². The van der Waals surface area contributed by atoms with Crippen LogP contribution in [0.2, 0.25) is 0 Å². The Labute approximate surface area is 109 Å². The van der Waals surface area contributed by atoms with Crippen LogP contribution in [0.15, 0.2) is 23.1 Å². The van der Waals surface area contributed by atoms with Gasteiger partial charge in [-0.2, -0.15) is 0 Å². The Balaban J connectivity index is 2.62. The zero-order valence-corrected chi connectivity index (χ0v) is 11.9. The lowest BCUT2D eigenvalue weighted by molar-refractivity contribution is 0.602. The molecule has 0 radical (unpaired) electrons. The molecule has 0 aliphatic carbocycles. The van der Waals surface area contributed by atoms with Gasteiger partial charge in [0.15, 0.2) is 9.84 Å². The molecule has 1 aromatic carbocycles. The zero-order chi connectivity index (χ0) is 13.3. The van der Waals surface area contributed by atoms with E-state index in [0.717, 1.165) is 30.9 Å². The molecule has 0 bridgehead atoms. The van der Waals surface area contributed by atoms with E-state index in [1.807, 2.05) is 12.1 Å². The number of rotatable bonds is 2. The van der Waals surface area contributed by atoms with E-state index in [2.05, 4.69) is 24.1 Å². The molecule has 1 aliphatic rings. The Morgan fingerprint density at radius 1 is 1.44 bits per heavy atom. The third kappa shape index (κ3) is 2.32. The monoisotopic (exact) mass is 268 g/mol. The first-order valence-corrected chi connectivity index (χ1v) is 8.18. The summed E-state index contributed by atoms with van der Waals surface area (Å²) in [5, 5.41) is 3.27. The van der Waals surface area contributed by atoms with E-state index in [1.54, 1.807) is 6.07 Å². The first-order valence-electron chi connectivity index (χ1n) is 6.28. The summed E-state index contributed by atoms with van der Waals surface area (Å²) in [7, 11) is -3.20. The van der Waals surface area contributed by atoms with Crippen LogP contribution in [0.5, 0.6) is 0 Å². The molecule has 1 aromatic rings. The average Bonchev–Trinajstić information content (AvgIpc) is 2.45. The molecule has 0 fully saturated rings. The van der Waals surface area contributed by atoms with Crippen molar-refractivity contribution in [1.29, 1.82) is 0 Å². The fourth-order valence-electron chi connectivity index (χ4n) is 2.53. The lowest BCUT2D eigenvalue weighted by atomic mass is 10.2. The van der Waals surface area contributed by atoms with Gasteiger partial charge >= 0.3 is 0 Å². The maximum Gasteiger partial charge on any atom is 0.177 e. The molecule has 0 saturated heterocycles. The Kier molecular flexibility index (Phi) is 3.52. The normalized spacial score (nSPS) is 19.9. The average molecular weight is 268 g/mol. The van der Waals surface area contributed by atoms with Crippen molar-refractivity contribution < 1.29 is 8.42 Å². The maximum atomic E-state index is 11.8. The van der Waals surface area contributed by atoms with Gasteiger partial charge in [-0.3, -0.25) is 0 Å². The molecular weight excluding hydrogens is 248 g/mol. The molecular formula is C13H20N2O2S. The Morgan fingerprint density at radius 3 is 2.78 bits per heavy atom. The van der Waals surface area contributed by atoms with Gasteiger partial charge in [0, 0.05) is 25.4 Å². The fraction of sp³-hybridized carbons (Fsp3) is 0.538. The molecule has 0 aromatic heterocycles. The number of nitrogens with zero attached hydrogens (tertiary/aromatic N) is 1. The Bertz CT molecular complexity index is 540. The van der Waals surface area contributed by atoms with Gasteiger partial charge in [-0.15, -0.1) is 0 Å². The number of sulfone groups is 1. The van der Waals surface area contributed by atoms with Gasteiger partial charge in [-0.25, -0.2) is 8.42 Å². The van der Waals surface area contributed by atoms with Crippen LogP contribution in [0.3, 0.4) is 0 Å². The summed E-state index contributed by atoms with van der Waals surface area (Å²) < 4.78 is 23.7. The number of anilines is 2. The van der Waals surface area contributed by atoms with Gasteiger partial charge in [-0.1, -0.05) is 6.07 Å². The largest absolute Gasteiger partial charge is 0.382 e. The minimum Gasteiger partial charge on any atom is -0.382 e. The molecule has 0 amide bonds. The second kappa shape index (κ2) is 4.80. The van der Waals surface area contributed by atoms with Gasteiger partial charge < -0.3 is 10.2 Å². The molecule has 1 aliphatic heterocycles. The number of hydrogen-bond acceptors (Lipinski definition) is 4. The summed E-state index contributed by atoms with van der Waals surface area (Å²) in [5.41, 5.74) is 1.75. The van der Waals surface area contributed by atoms with Gasteiger partial charge in [0.2, 0.25) is 0 Å². The maximum absolute atomic E-state index is 11.8. The summed E-state index contributed by atoms with van der Waals surface area (Å²) in [6, 6.07) is 5.89. The van der Waals surface area contributed by atoms with E-state index in [4.69, 9.17) is 0 Å². The van der Waals surface area contributed by atoms with Crippen LogP contribution < -0.4 is 10.2 Å². The molecule has 2 rings (SSSR count). The standard InChI is InChI=1S/C13H20N2O2S/c1-4-15-10(2)8-9-14-13-11(15)6-5-7-12(13)18(3,16)17/h5-7,10,14H,4,8-9H2,1-3H3. The lowest BCUT2D eigenvalue weighted by Gasteiger charge is -2.29. The fourth-order valence-corrected chi connectivity index (χ4v) is 3.40. The van der Waals surface area contributed by atoms with Crippen molar-refractivity contribution in [3.63, 3.8) is 0 Å². The van der Waals surface area contributed by atoms with Crippen molar-refractivity contribution in [3.8, 4) is 0 Å². The van der Waals surface area contributed by atoms with Crippen LogP contribution in [0.25, 0.3) is 0 Å². The van der Waals surface area contributed by atoms with Crippen LogP contribution in [-0.2, 0) is 9.84 Å². The highest BCUT2D eigenvalue weighted by atomic mass is 32.2. The molecule has 5 heteroatoms.